The topological polar surface area (TPSA) is 78.5 Å². The van der Waals surface area contributed by atoms with E-state index in [4.69, 9.17) is 0 Å². The molecule has 0 aliphatic carbocycles. The van der Waals surface area contributed by atoms with Crippen molar-refractivity contribution in [2.45, 2.75) is 19.0 Å². The van der Waals surface area contributed by atoms with Gasteiger partial charge in [-0.25, -0.2) is 13.6 Å². The second-order valence-electron chi connectivity index (χ2n) is 6.52. The molecule has 3 rings (SSSR count). The normalized spacial score (nSPS) is 15.1. The summed E-state index contributed by atoms with van der Waals surface area (Å²) >= 11 is 0. The van der Waals surface area contributed by atoms with Crippen molar-refractivity contribution < 1.29 is 23.2 Å². The summed E-state index contributed by atoms with van der Waals surface area (Å²) in [6, 6.07) is 8.71. The minimum absolute atomic E-state index is 0.0417. The lowest BCUT2D eigenvalue weighted by Gasteiger charge is -2.35. The van der Waals surface area contributed by atoms with Gasteiger partial charge in [-0.15, -0.1) is 0 Å². The van der Waals surface area contributed by atoms with E-state index >= 15 is 0 Å². The van der Waals surface area contributed by atoms with Gasteiger partial charge in [0.15, 0.2) is 0 Å². The molecular formula is C19H17F2N3O3. The average Bonchev–Trinajstić information content (AvgIpc) is 2.91. The Morgan fingerprint density at radius 3 is 2.52 bits per heavy atom. The van der Waals surface area contributed by atoms with Crippen LogP contribution in [-0.4, -0.2) is 29.8 Å². The van der Waals surface area contributed by atoms with E-state index in [1.807, 2.05) is 5.32 Å². The first-order valence-electron chi connectivity index (χ1n) is 8.18. The van der Waals surface area contributed by atoms with E-state index in [1.54, 1.807) is 13.0 Å². The van der Waals surface area contributed by atoms with Crippen LogP contribution < -0.4 is 10.6 Å². The van der Waals surface area contributed by atoms with E-state index in [1.165, 1.54) is 41.3 Å². The quantitative estimate of drug-likeness (QED) is 0.790. The van der Waals surface area contributed by atoms with Crippen LogP contribution in [0.4, 0.5) is 13.6 Å². The zero-order valence-corrected chi connectivity index (χ0v) is 14.5. The van der Waals surface area contributed by atoms with Crippen molar-refractivity contribution in [3.8, 4) is 0 Å². The highest BCUT2D eigenvalue weighted by Crippen LogP contribution is 2.29. The third kappa shape index (κ3) is 3.79. The highest BCUT2D eigenvalue weighted by molar-refractivity contribution is 5.98. The fraction of sp³-hybridized carbons (Fsp3) is 0.211. The molecule has 140 valence electrons. The van der Waals surface area contributed by atoms with Crippen LogP contribution >= 0.6 is 0 Å². The molecule has 0 fully saturated rings. The number of nitrogens with zero attached hydrogens (tertiary/aromatic N) is 1. The van der Waals surface area contributed by atoms with Gasteiger partial charge in [0.1, 0.15) is 11.6 Å². The minimum atomic E-state index is -1.11. The summed E-state index contributed by atoms with van der Waals surface area (Å²) in [5, 5.41) is 4.63. The highest BCUT2D eigenvalue weighted by atomic mass is 19.1. The molecule has 1 atom stereocenters. The summed E-state index contributed by atoms with van der Waals surface area (Å²) in [6.45, 7) is 1.95. The Bertz CT molecular complexity index is 902. The first-order chi connectivity index (χ1) is 12.8. The van der Waals surface area contributed by atoms with E-state index < -0.39 is 23.2 Å². The van der Waals surface area contributed by atoms with Crippen molar-refractivity contribution in [1.82, 2.24) is 15.5 Å². The number of nitrogens with one attached hydrogen (secondary N) is 2. The Morgan fingerprint density at radius 2 is 1.85 bits per heavy atom. The second-order valence-corrected chi connectivity index (χ2v) is 6.52. The molecule has 2 aromatic carbocycles. The van der Waals surface area contributed by atoms with Crippen molar-refractivity contribution in [1.29, 1.82) is 0 Å². The average molecular weight is 373 g/mol. The third-order valence-electron chi connectivity index (χ3n) is 4.52. The summed E-state index contributed by atoms with van der Waals surface area (Å²) in [5.74, 6) is -1.32. The van der Waals surface area contributed by atoms with Gasteiger partial charge in [-0.05, 0) is 42.3 Å². The summed E-state index contributed by atoms with van der Waals surface area (Å²) in [4.78, 5) is 36.6. The zero-order valence-electron chi connectivity index (χ0n) is 14.5. The zero-order chi connectivity index (χ0) is 19.6. The highest BCUT2D eigenvalue weighted by Gasteiger charge is 2.36. The van der Waals surface area contributed by atoms with E-state index in [2.05, 4.69) is 5.32 Å². The summed E-state index contributed by atoms with van der Waals surface area (Å²) in [7, 11) is 0. The summed E-state index contributed by atoms with van der Waals surface area (Å²) in [6.07, 6.45) is 0.236. The van der Waals surface area contributed by atoms with E-state index in [9.17, 15) is 23.2 Å². The number of halogens is 2. The van der Waals surface area contributed by atoms with Crippen molar-refractivity contribution >= 4 is 18.3 Å². The van der Waals surface area contributed by atoms with E-state index in [0.717, 1.165) is 0 Å². The van der Waals surface area contributed by atoms with Crippen molar-refractivity contribution in [3.05, 3.63) is 70.8 Å². The maximum atomic E-state index is 13.5. The molecule has 0 radical (unpaired) electrons. The number of rotatable bonds is 5. The number of carbonyl (C=O) groups excluding carboxylic acids is 3. The monoisotopic (exact) mass is 373 g/mol. The second kappa shape index (κ2) is 7.14. The van der Waals surface area contributed by atoms with Gasteiger partial charge >= 0.3 is 6.03 Å². The van der Waals surface area contributed by atoms with Crippen LogP contribution in [0.3, 0.4) is 0 Å². The molecule has 0 saturated heterocycles. The van der Waals surface area contributed by atoms with Crippen LogP contribution in [0.25, 0.3) is 0 Å². The Morgan fingerprint density at radius 1 is 1.19 bits per heavy atom. The van der Waals surface area contributed by atoms with Crippen LogP contribution in [0.1, 0.15) is 28.4 Å². The molecule has 2 N–H and O–H groups in total. The number of benzene rings is 2. The van der Waals surface area contributed by atoms with Crippen LogP contribution in [0.2, 0.25) is 0 Å². The maximum Gasteiger partial charge on any atom is 0.321 e. The predicted molar refractivity (Wildman–Crippen MR) is 92.6 cm³/mol. The Balaban J connectivity index is 1.90. The largest absolute Gasteiger partial charge is 0.332 e. The SMILES string of the molecule is C[C@@](CN1Cc2ccc(F)cc2C1=O)(NC(=O)NC=O)c1ccc(F)cc1. The number of carbonyl (C=O) groups is 3. The molecule has 0 saturated carbocycles. The van der Waals surface area contributed by atoms with Crippen molar-refractivity contribution in [3.63, 3.8) is 0 Å². The lowest BCUT2D eigenvalue weighted by Crippen LogP contribution is -2.54. The standard InChI is InChI=1S/C19H17F2N3O3/c1-19(23-18(27)22-11-25,13-3-6-14(20)7-4-13)10-24-9-12-2-5-15(21)8-16(12)17(24)26/h2-8,11H,9-10H2,1H3,(H2,22,23,25,27)/t19-/m0/s1. The molecule has 0 bridgehead atoms. The number of hydrogen-bond acceptors (Lipinski definition) is 3. The number of amides is 4. The lowest BCUT2D eigenvalue weighted by molar-refractivity contribution is -0.108. The summed E-state index contributed by atoms with van der Waals surface area (Å²) in [5.41, 5.74) is 0.380. The maximum absolute atomic E-state index is 13.5. The van der Waals surface area contributed by atoms with Gasteiger partial charge in [0.2, 0.25) is 6.41 Å². The molecule has 2 aromatic rings. The molecule has 0 spiro atoms. The van der Waals surface area contributed by atoms with Crippen LogP contribution in [0.5, 0.6) is 0 Å². The van der Waals surface area contributed by atoms with Gasteiger partial charge in [-0.3, -0.25) is 14.9 Å². The third-order valence-corrected chi connectivity index (χ3v) is 4.52. The Hall–Kier alpha value is -3.29. The number of hydrogen-bond donors (Lipinski definition) is 2. The van der Waals surface area contributed by atoms with Gasteiger partial charge in [-0.2, -0.15) is 0 Å². The van der Waals surface area contributed by atoms with Gasteiger partial charge in [0.25, 0.3) is 5.91 Å². The lowest BCUT2D eigenvalue weighted by atomic mass is 9.91. The van der Waals surface area contributed by atoms with E-state index in [-0.39, 0.29) is 31.0 Å². The summed E-state index contributed by atoms with van der Waals surface area (Å²) < 4.78 is 26.8. The van der Waals surface area contributed by atoms with Gasteiger partial charge < -0.3 is 10.2 Å². The van der Waals surface area contributed by atoms with Crippen molar-refractivity contribution in [2.75, 3.05) is 6.54 Å². The molecular weight excluding hydrogens is 356 g/mol. The molecule has 0 aromatic heterocycles. The van der Waals surface area contributed by atoms with Gasteiger partial charge in [0.05, 0.1) is 5.54 Å². The molecule has 6 nitrogen and oxygen atoms in total. The minimum Gasteiger partial charge on any atom is -0.332 e. The predicted octanol–water partition coefficient (Wildman–Crippen LogP) is 2.29. The fourth-order valence-electron chi connectivity index (χ4n) is 3.20. The molecule has 0 unspecified atom stereocenters. The first-order valence-corrected chi connectivity index (χ1v) is 8.18. The molecule has 1 heterocycles. The van der Waals surface area contributed by atoms with Crippen LogP contribution in [-0.2, 0) is 16.9 Å². The smallest absolute Gasteiger partial charge is 0.321 e. The van der Waals surface area contributed by atoms with Gasteiger partial charge in [0, 0.05) is 18.7 Å². The number of urea groups is 1. The van der Waals surface area contributed by atoms with Crippen LogP contribution in [0.15, 0.2) is 42.5 Å². The first kappa shape index (κ1) is 18.5. The molecule has 1 aliphatic rings. The van der Waals surface area contributed by atoms with Gasteiger partial charge in [-0.1, -0.05) is 18.2 Å². The van der Waals surface area contributed by atoms with E-state index in [0.29, 0.717) is 11.1 Å². The molecule has 4 amide bonds. The fourth-order valence-corrected chi connectivity index (χ4v) is 3.20. The Kier molecular flexibility index (Phi) is 4.89. The van der Waals surface area contributed by atoms with Crippen molar-refractivity contribution in [2.24, 2.45) is 0 Å². The molecule has 27 heavy (non-hydrogen) atoms. The Labute approximate surface area is 154 Å². The van der Waals surface area contributed by atoms with Crippen LogP contribution in [0, 0.1) is 11.6 Å². The number of fused-ring (bicyclic) bond motifs is 1. The number of imide groups is 1. The molecule has 8 heteroatoms. The molecule has 1 aliphatic heterocycles.